The fourth-order valence-electron chi connectivity index (χ4n) is 0.460. The van der Waals surface area contributed by atoms with E-state index in [1.54, 1.807) is 0 Å². The summed E-state index contributed by atoms with van der Waals surface area (Å²) in [6.45, 7) is 3.63. The van der Waals surface area contributed by atoms with Gasteiger partial charge in [0.1, 0.15) is 0 Å². The van der Waals surface area contributed by atoms with Crippen LogP contribution in [-0.2, 0) is 0 Å². The summed E-state index contributed by atoms with van der Waals surface area (Å²) in [6.07, 6.45) is 3.13. The van der Waals surface area contributed by atoms with Crippen molar-refractivity contribution in [3.8, 4) is 0 Å². The van der Waals surface area contributed by atoms with Crippen LogP contribution in [0.25, 0.3) is 0 Å². The van der Waals surface area contributed by atoms with Crippen molar-refractivity contribution in [2.45, 2.75) is 24.6 Å². The molecule has 0 saturated carbocycles. The third-order valence-corrected chi connectivity index (χ3v) is 1.39. The van der Waals surface area contributed by atoms with Gasteiger partial charge in [0.15, 0.2) is 0 Å². The van der Waals surface area contributed by atoms with Crippen LogP contribution in [0.1, 0.15) is 19.3 Å². The second-order valence-electron chi connectivity index (χ2n) is 1.78. The van der Waals surface area contributed by atoms with Gasteiger partial charge in [-0.25, -0.2) is 0 Å². The smallest absolute Gasteiger partial charge is 0.0336 e. The molecule has 0 saturated heterocycles. The highest BCUT2D eigenvalue weighted by Crippen LogP contribution is 2.05. The zero-order valence-electron chi connectivity index (χ0n) is 4.87. The standard InChI is InChI=1S/C6H11Cl2/c1-6(8)4-2-3-5-7/h6H,1-5H2. The SMILES string of the molecule is [CH2]C(Cl)CCCCCl. The molecule has 1 radical (unpaired) electrons. The molecule has 0 nitrogen and oxygen atoms in total. The summed E-state index contributed by atoms with van der Waals surface area (Å²) in [5.74, 6) is 0.740. The van der Waals surface area contributed by atoms with Crippen LogP contribution in [0.4, 0.5) is 0 Å². The molecule has 1 atom stereocenters. The molecule has 0 aliphatic rings. The Hall–Kier alpha value is 0.580. The quantitative estimate of drug-likeness (QED) is 0.431. The van der Waals surface area contributed by atoms with Crippen LogP contribution in [0, 0.1) is 6.92 Å². The monoisotopic (exact) mass is 153 g/mol. The van der Waals surface area contributed by atoms with Gasteiger partial charge in [-0.3, -0.25) is 0 Å². The van der Waals surface area contributed by atoms with Crippen molar-refractivity contribution in [3.63, 3.8) is 0 Å². The lowest BCUT2D eigenvalue weighted by molar-refractivity contribution is 0.736. The van der Waals surface area contributed by atoms with Crippen molar-refractivity contribution in [1.29, 1.82) is 0 Å². The average Bonchev–Trinajstić information content (AvgIpc) is 1.66. The fraction of sp³-hybridized carbons (Fsp3) is 0.833. The normalized spacial score (nSPS) is 13.9. The molecular formula is C6H11Cl2. The Balaban J connectivity index is 2.72. The number of hydrogen-bond acceptors (Lipinski definition) is 0. The molecule has 0 aromatic heterocycles. The fourth-order valence-corrected chi connectivity index (χ4v) is 0.804. The summed E-state index contributed by atoms with van der Waals surface area (Å²) in [6, 6.07) is 0. The highest BCUT2D eigenvalue weighted by molar-refractivity contribution is 6.21. The molecule has 0 aliphatic carbocycles. The van der Waals surface area contributed by atoms with E-state index >= 15 is 0 Å². The Morgan fingerprint density at radius 1 is 1.38 bits per heavy atom. The van der Waals surface area contributed by atoms with Gasteiger partial charge in [0.2, 0.25) is 0 Å². The van der Waals surface area contributed by atoms with Crippen LogP contribution in [-0.4, -0.2) is 11.3 Å². The van der Waals surface area contributed by atoms with E-state index in [4.69, 9.17) is 23.2 Å². The van der Waals surface area contributed by atoms with E-state index in [-0.39, 0.29) is 5.38 Å². The molecule has 2 heteroatoms. The van der Waals surface area contributed by atoms with Crippen molar-refractivity contribution in [2.24, 2.45) is 0 Å². The molecule has 1 unspecified atom stereocenters. The topological polar surface area (TPSA) is 0 Å². The maximum Gasteiger partial charge on any atom is 0.0336 e. The Kier molecular flexibility index (Phi) is 6.13. The molecule has 8 heavy (non-hydrogen) atoms. The third kappa shape index (κ3) is 6.58. The Bertz CT molecular complexity index is 43.8. The number of rotatable bonds is 4. The van der Waals surface area contributed by atoms with Gasteiger partial charge >= 0.3 is 0 Å². The summed E-state index contributed by atoms with van der Waals surface area (Å²) in [7, 11) is 0. The van der Waals surface area contributed by atoms with Crippen LogP contribution in [0.5, 0.6) is 0 Å². The summed E-state index contributed by atoms with van der Waals surface area (Å²) in [5, 5.41) is 0.0678. The summed E-state index contributed by atoms with van der Waals surface area (Å²) in [5.41, 5.74) is 0. The van der Waals surface area contributed by atoms with E-state index in [1.165, 1.54) is 0 Å². The lowest BCUT2D eigenvalue weighted by Gasteiger charge is -1.97. The molecule has 0 amide bonds. The second-order valence-corrected chi connectivity index (χ2v) is 2.78. The Morgan fingerprint density at radius 2 is 2.00 bits per heavy atom. The van der Waals surface area contributed by atoms with Gasteiger partial charge in [-0.2, -0.15) is 0 Å². The number of alkyl halides is 2. The van der Waals surface area contributed by atoms with Crippen molar-refractivity contribution >= 4 is 23.2 Å². The summed E-state index contributed by atoms with van der Waals surface area (Å²) in [4.78, 5) is 0. The summed E-state index contributed by atoms with van der Waals surface area (Å²) < 4.78 is 0. The molecule has 0 aliphatic heterocycles. The highest BCUT2D eigenvalue weighted by atomic mass is 35.5. The molecule has 0 fully saturated rings. The van der Waals surface area contributed by atoms with Crippen molar-refractivity contribution < 1.29 is 0 Å². The van der Waals surface area contributed by atoms with Gasteiger partial charge in [0, 0.05) is 11.3 Å². The van der Waals surface area contributed by atoms with Crippen molar-refractivity contribution in [2.75, 3.05) is 5.88 Å². The molecule has 0 rings (SSSR count). The largest absolute Gasteiger partial charge is 0.127 e. The molecule has 0 N–H and O–H groups in total. The number of hydrogen-bond donors (Lipinski definition) is 0. The Morgan fingerprint density at radius 3 is 2.38 bits per heavy atom. The Labute approximate surface area is 61.2 Å². The van der Waals surface area contributed by atoms with Crippen LogP contribution >= 0.6 is 23.2 Å². The molecule has 0 heterocycles. The predicted molar refractivity (Wildman–Crippen MR) is 39.6 cm³/mol. The van der Waals surface area contributed by atoms with Gasteiger partial charge in [0.05, 0.1) is 0 Å². The highest BCUT2D eigenvalue weighted by Gasteiger charge is 1.93. The van der Waals surface area contributed by atoms with E-state index in [1.807, 2.05) is 0 Å². The maximum atomic E-state index is 5.56. The number of unbranched alkanes of at least 4 members (excludes halogenated alkanes) is 1. The number of halogens is 2. The zero-order chi connectivity index (χ0) is 6.41. The minimum Gasteiger partial charge on any atom is -0.127 e. The molecule has 0 spiro atoms. The van der Waals surface area contributed by atoms with E-state index in [0.717, 1.165) is 25.1 Å². The van der Waals surface area contributed by atoms with Crippen LogP contribution in [0.3, 0.4) is 0 Å². The van der Waals surface area contributed by atoms with Crippen LogP contribution in [0.2, 0.25) is 0 Å². The average molecular weight is 154 g/mol. The molecule has 49 valence electrons. The summed E-state index contributed by atoms with van der Waals surface area (Å²) >= 11 is 11.0. The minimum absolute atomic E-state index is 0.0678. The zero-order valence-corrected chi connectivity index (χ0v) is 6.38. The van der Waals surface area contributed by atoms with E-state index in [2.05, 4.69) is 6.92 Å². The van der Waals surface area contributed by atoms with Crippen molar-refractivity contribution in [3.05, 3.63) is 6.92 Å². The van der Waals surface area contributed by atoms with Gasteiger partial charge in [-0.15, -0.1) is 23.2 Å². The van der Waals surface area contributed by atoms with Gasteiger partial charge in [0.25, 0.3) is 0 Å². The molecular weight excluding hydrogens is 143 g/mol. The van der Waals surface area contributed by atoms with Crippen LogP contribution in [0.15, 0.2) is 0 Å². The van der Waals surface area contributed by atoms with E-state index in [0.29, 0.717) is 0 Å². The van der Waals surface area contributed by atoms with Crippen molar-refractivity contribution in [1.82, 2.24) is 0 Å². The van der Waals surface area contributed by atoms with Crippen LogP contribution < -0.4 is 0 Å². The first-order valence-electron chi connectivity index (χ1n) is 2.80. The first-order chi connectivity index (χ1) is 3.77. The molecule has 0 aromatic rings. The van der Waals surface area contributed by atoms with Gasteiger partial charge in [-0.05, 0) is 19.8 Å². The molecule has 0 aromatic carbocycles. The first kappa shape index (κ1) is 8.58. The minimum atomic E-state index is 0.0678. The van der Waals surface area contributed by atoms with E-state index < -0.39 is 0 Å². The lowest BCUT2D eigenvalue weighted by Crippen LogP contribution is -1.90. The molecule has 0 bridgehead atoms. The first-order valence-corrected chi connectivity index (χ1v) is 3.77. The second kappa shape index (κ2) is 5.71. The maximum absolute atomic E-state index is 5.56. The van der Waals surface area contributed by atoms with Gasteiger partial charge < -0.3 is 0 Å². The van der Waals surface area contributed by atoms with Gasteiger partial charge in [-0.1, -0.05) is 6.42 Å². The third-order valence-electron chi connectivity index (χ3n) is 0.901. The van der Waals surface area contributed by atoms with E-state index in [9.17, 15) is 0 Å². The lowest BCUT2D eigenvalue weighted by atomic mass is 10.2. The predicted octanol–water partition coefficient (Wildman–Crippen LogP) is 2.84.